The van der Waals surface area contributed by atoms with Crippen LogP contribution >= 0.6 is 27.3 Å². The molecule has 1 heterocycles. The molecule has 104 valence electrons. The molecule has 1 aromatic heterocycles. The van der Waals surface area contributed by atoms with Crippen molar-refractivity contribution < 1.29 is 19.1 Å². The fourth-order valence-electron chi connectivity index (χ4n) is 1.21. The fourth-order valence-corrected chi connectivity index (χ4v) is 2.51. The van der Waals surface area contributed by atoms with E-state index in [0.717, 1.165) is 3.79 Å². The van der Waals surface area contributed by atoms with Gasteiger partial charge < -0.3 is 15.4 Å². The summed E-state index contributed by atoms with van der Waals surface area (Å²) in [5.74, 6) is -1.33. The Bertz CT molecular complexity index is 489. The zero-order valence-electron chi connectivity index (χ0n) is 10.4. The van der Waals surface area contributed by atoms with E-state index in [9.17, 15) is 14.4 Å². The van der Waals surface area contributed by atoms with Crippen LogP contribution in [0.2, 0.25) is 0 Å². The summed E-state index contributed by atoms with van der Waals surface area (Å²) in [5.41, 5.74) is 0. The van der Waals surface area contributed by atoms with Crippen LogP contribution in [-0.2, 0) is 14.3 Å². The summed E-state index contributed by atoms with van der Waals surface area (Å²) in [6, 6.07) is 2.66. The molecule has 0 aliphatic carbocycles. The molecule has 0 aromatic carbocycles. The minimum atomic E-state index is -0.745. The molecule has 0 saturated heterocycles. The van der Waals surface area contributed by atoms with Crippen molar-refractivity contribution in [1.82, 2.24) is 10.6 Å². The molecule has 0 aliphatic heterocycles. The third kappa shape index (κ3) is 4.99. The van der Waals surface area contributed by atoms with Gasteiger partial charge in [-0.3, -0.25) is 9.59 Å². The van der Waals surface area contributed by atoms with E-state index < -0.39 is 17.9 Å². The van der Waals surface area contributed by atoms with Crippen LogP contribution in [0.1, 0.15) is 16.6 Å². The summed E-state index contributed by atoms with van der Waals surface area (Å²) in [6.45, 7) is 1.30. The lowest BCUT2D eigenvalue weighted by Crippen LogP contribution is -2.44. The Labute approximate surface area is 122 Å². The summed E-state index contributed by atoms with van der Waals surface area (Å²) in [4.78, 5) is 34.7. The standard InChI is InChI=1S/C11H13BrN2O4S/c1-6(11(17)18-2)14-9(15)5-13-10(16)7-3-4-8(12)19-7/h3-4,6H,5H2,1-2H3,(H,13,16)(H,14,15)/t6-/m0/s1. The highest BCUT2D eigenvalue weighted by molar-refractivity contribution is 9.11. The largest absolute Gasteiger partial charge is 0.467 e. The van der Waals surface area contributed by atoms with E-state index in [1.165, 1.54) is 25.4 Å². The molecular formula is C11H13BrN2O4S. The van der Waals surface area contributed by atoms with Crippen LogP contribution in [0.3, 0.4) is 0 Å². The lowest BCUT2D eigenvalue weighted by atomic mass is 10.3. The first-order chi connectivity index (χ1) is 8.93. The Balaban J connectivity index is 2.38. The fraction of sp³-hybridized carbons (Fsp3) is 0.364. The van der Waals surface area contributed by atoms with Gasteiger partial charge >= 0.3 is 5.97 Å². The van der Waals surface area contributed by atoms with Crippen LogP contribution in [-0.4, -0.2) is 37.5 Å². The summed E-state index contributed by atoms with van der Waals surface area (Å²) < 4.78 is 5.30. The molecule has 6 nitrogen and oxygen atoms in total. The smallest absolute Gasteiger partial charge is 0.328 e. The first kappa shape index (κ1) is 15.6. The highest BCUT2D eigenvalue weighted by atomic mass is 79.9. The quantitative estimate of drug-likeness (QED) is 0.775. The van der Waals surface area contributed by atoms with E-state index in [0.29, 0.717) is 4.88 Å². The van der Waals surface area contributed by atoms with E-state index in [-0.39, 0.29) is 12.5 Å². The molecule has 2 N–H and O–H groups in total. The van der Waals surface area contributed by atoms with Gasteiger partial charge in [0.25, 0.3) is 5.91 Å². The van der Waals surface area contributed by atoms with Gasteiger partial charge in [-0.1, -0.05) is 0 Å². The minimum Gasteiger partial charge on any atom is -0.467 e. The SMILES string of the molecule is COC(=O)[C@H](C)NC(=O)CNC(=O)c1ccc(Br)s1. The summed E-state index contributed by atoms with van der Waals surface area (Å²) in [7, 11) is 1.24. The first-order valence-electron chi connectivity index (χ1n) is 5.34. The lowest BCUT2D eigenvalue weighted by Gasteiger charge is -2.11. The number of halogens is 1. The zero-order chi connectivity index (χ0) is 14.4. The Morgan fingerprint density at radius 2 is 2.11 bits per heavy atom. The Kier molecular flexibility index (Phi) is 5.97. The molecule has 19 heavy (non-hydrogen) atoms. The lowest BCUT2D eigenvalue weighted by molar-refractivity contribution is -0.144. The summed E-state index contributed by atoms with van der Waals surface area (Å²) in [5, 5.41) is 4.87. The molecule has 1 aromatic rings. The Hall–Kier alpha value is -1.41. The van der Waals surface area contributed by atoms with Crippen molar-refractivity contribution in [3.05, 3.63) is 20.8 Å². The van der Waals surface area contributed by atoms with Crippen LogP contribution in [0, 0.1) is 0 Å². The number of amides is 2. The zero-order valence-corrected chi connectivity index (χ0v) is 12.8. The second kappa shape index (κ2) is 7.25. The van der Waals surface area contributed by atoms with E-state index in [4.69, 9.17) is 0 Å². The first-order valence-corrected chi connectivity index (χ1v) is 6.95. The molecule has 1 rings (SSSR count). The number of carbonyl (C=O) groups excluding carboxylic acids is 3. The third-order valence-corrected chi connectivity index (χ3v) is 3.76. The molecule has 1 atom stereocenters. The van der Waals surface area contributed by atoms with Crippen LogP contribution in [0.5, 0.6) is 0 Å². The van der Waals surface area contributed by atoms with Gasteiger partial charge in [0.1, 0.15) is 6.04 Å². The number of thiophene rings is 1. The van der Waals surface area contributed by atoms with Gasteiger partial charge in [0.2, 0.25) is 5.91 Å². The monoisotopic (exact) mass is 348 g/mol. The van der Waals surface area contributed by atoms with Crippen molar-refractivity contribution in [2.75, 3.05) is 13.7 Å². The molecule has 0 fully saturated rings. The molecule has 0 spiro atoms. The van der Waals surface area contributed by atoms with Gasteiger partial charge in [-0.2, -0.15) is 0 Å². The van der Waals surface area contributed by atoms with Crippen LogP contribution in [0.4, 0.5) is 0 Å². The van der Waals surface area contributed by atoms with Gasteiger partial charge in [0.15, 0.2) is 0 Å². The Morgan fingerprint density at radius 3 is 2.63 bits per heavy atom. The van der Waals surface area contributed by atoms with Crippen molar-refractivity contribution >= 4 is 45.1 Å². The number of hydrogen-bond donors (Lipinski definition) is 2. The highest BCUT2D eigenvalue weighted by Crippen LogP contribution is 2.21. The molecule has 0 unspecified atom stereocenters. The molecule has 8 heteroatoms. The Morgan fingerprint density at radius 1 is 1.42 bits per heavy atom. The summed E-state index contributed by atoms with van der Waals surface area (Å²) >= 11 is 4.51. The van der Waals surface area contributed by atoms with Gasteiger partial charge in [0, 0.05) is 0 Å². The van der Waals surface area contributed by atoms with Crippen molar-refractivity contribution in [2.24, 2.45) is 0 Å². The molecule has 0 aliphatic rings. The van der Waals surface area contributed by atoms with E-state index in [2.05, 4.69) is 31.3 Å². The second-order valence-corrected chi connectivity index (χ2v) is 6.06. The van der Waals surface area contributed by atoms with Gasteiger partial charge in [-0.05, 0) is 35.0 Å². The molecule has 0 bridgehead atoms. The summed E-state index contributed by atoms with van der Waals surface area (Å²) in [6.07, 6.45) is 0. The highest BCUT2D eigenvalue weighted by Gasteiger charge is 2.16. The average Bonchev–Trinajstić information content (AvgIpc) is 2.81. The van der Waals surface area contributed by atoms with E-state index >= 15 is 0 Å². The predicted molar refractivity (Wildman–Crippen MR) is 74.0 cm³/mol. The van der Waals surface area contributed by atoms with E-state index in [1.54, 1.807) is 12.1 Å². The number of carbonyl (C=O) groups is 3. The maximum absolute atomic E-state index is 11.6. The topological polar surface area (TPSA) is 84.5 Å². The van der Waals surface area contributed by atoms with Gasteiger partial charge in [-0.25, -0.2) is 4.79 Å². The van der Waals surface area contributed by atoms with Crippen LogP contribution in [0.15, 0.2) is 15.9 Å². The van der Waals surface area contributed by atoms with E-state index in [1.807, 2.05) is 0 Å². The predicted octanol–water partition coefficient (Wildman–Crippen LogP) is 0.918. The molecule has 0 saturated carbocycles. The minimum absolute atomic E-state index is 0.199. The molecule has 0 radical (unpaired) electrons. The second-order valence-electron chi connectivity index (χ2n) is 3.60. The van der Waals surface area contributed by atoms with Crippen molar-refractivity contribution in [2.45, 2.75) is 13.0 Å². The van der Waals surface area contributed by atoms with Crippen molar-refractivity contribution in [3.8, 4) is 0 Å². The van der Waals surface area contributed by atoms with Crippen LogP contribution in [0.25, 0.3) is 0 Å². The maximum atomic E-state index is 11.6. The van der Waals surface area contributed by atoms with Crippen molar-refractivity contribution in [1.29, 1.82) is 0 Å². The van der Waals surface area contributed by atoms with Crippen LogP contribution < -0.4 is 10.6 Å². The molecular weight excluding hydrogens is 336 g/mol. The third-order valence-electron chi connectivity index (χ3n) is 2.14. The number of ether oxygens (including phenoxy) is 1. The van der Waals surface area contributed by atoms with Crippen molar-refractivity contribution in [3.63, 3.8) is 0 Å². The number of methoxy groups -OCH3 is 1. The normalized spacial score (nSPS) is 11.5. The van der Waals surface area contributed by atoms with Gasteiger partial charge in [0.05, 0.1) is 22.3 Å². The number of nitrogens with one attached hydrogen (secondary N) is 2. The maximum Gasteiger partial charge on any atom is 0.328 e. The number of hydrogen-bond acceptors (Lipinski definition) is 5. The number of esters is 1. The number of rotatable bonds is 5. The molecule has 2 amide bonds. The average molecular weight is 349 g/mol. The van der Waals surface area contributed by atoms with Gasteiger partial charge in [-0.15, -0.1) is 11.3 Å².